The van der Waals surface area contributed by atoms with E-state index in [2.05, 4.69) is 15.6 Å². The fourth-order valence-electron chi connectivity index (χ4n) is 2.50. The van der Waals surface area contributed by atoms with Crippen LogP contribution in [-0.4, -0.2) is 17.6 Å². The van der Waals surface area contributed by atoms with Crippen LogP contribution < -0.4 is 15.4 Å². The van der Waals surface area contributed by atoms with Crippen molar-refractivity contribution >= 4 is 11.7 Å². The number of nitrogens with zero attached hydrogens (tertiary/aromatic N) is 1. The van der Waals surface area contributed by atoms with Crippen LogP contribution in [0.25, 0.3) is 0 Å². The van der Waals surface area contributed by atoms with Crippen LogP contribution in [0.2, 0.25) is 0 Å². The molecule has 2 aromatic carbocycles. The summed E-state index contributed by atoms with van der Waals surface area (Å²) in [6, 6.07) is 16.9. The van der Waals surface area contributed by atoms with Crippen molar-refractivity contribution in [3.05, 3.63) is 90.0 Å². The van der Waals surface area contributed by atoms with E-state index in [1.54, 1.807) is 48.8 Å². The highest BCUT2D eigenvalue weighted by Gasteiger charge is 2.04. The topological polar surface area (TPSA) is 63.2 Å². The van der Waals surface area contributed by atoms with Crippen molar-refractivity contribution < 1.29 is 13.9 Å². The van der Waals surface area contributed by atoms with Gasteiger partial charge in [-0.05, 0) is 47.9 Å². The molecule has 6 heteroatoms. The summed E-state index contributed by atoms with van der Waals surface area (Å²) >= 11 is 0. The predicted molar refractivity (Wildman–Crippen MR) is 102 cm³/mol. The number of amides is 2. The first-order chi connectivity index (χ1) is 13.2. The summed E-state index contributed by atoms with van der Waals surface area (Å²) in [5, 5.41) is 5.57. The monoisotopic (exact) mass is 365 g/mol. The van der Waals surface area contributed by atoms with Crippen LogP contribution in [0.5, 0.6) is 5.75 Å². The average molecular weight is 365 g/mol. The molecule has 0 unspecified atom stereocenters. The van der Waals surface area contributed by atoms with E-state index in [-0.39, 0.29) is 18.5 Å². The lowest BCUT2D eigenvalue weighted by Crippen LogP contribution is -2.30. The molecule has 1 heterocycles. The van der Waals surface area contributed by atoms with Gasteiger partial charge in [0.2, 0.25) is 0 Å². The molecule has 0 saturated carbocycles. The fourth-order valence-corrected chi connectivity index (χ4v) is 2.50. The van der Waals surface area contributed by atoms with Gasteiger partial charge in [-0.1, -0.05) is 24.3 Å². The summed E-state index contributed by atoms with van der Waals surface area (Å²) in [5.74, 6) is 0.293. The highest BCUT2D eigenvalue weighted by atomic mass is 19.1. The van der Waals surface area contributed by atoms with Gasteiger partial charge in [-0.15, -0.1) is 0 Å². The number of nitrogens with one attached hydrogen (secondary N) is 2. The van der Waals surface area contributed by atoms with E-state index < -0.39 is 0 Å². The molecule has 0 saturated heterocycles. The first-order valence-corrected chi connectivity index (χ1v) is 8.60. The van der Waals surface area contributed by atoms with E-state index in [0.717, 1.165) is 11.1 Å². The maximum absolute atomic E-state index is 13.2. The van der Waals surface area contributed by atoms with Crippen LogP contribution in [-0.2, 0) is 13.0 Å². The van der Waals surface area contributed by atoms with Crippen molar-refractivity contribution in [1.82, 2.24) is 10.3 Å². The Morgan fingerprint density at radius 2 is 1.89 bits per heavy atom. The molecule has 0 spiro atoms. The van der Waals surface area contributed by atoms with Crippen LogP contribution in [0, 0.1) is 5.82 Å². The summed E-state index contributed by atoms with van der Waals surface area (Å²) < 4.78 is 18.9. The molecule has 0 aliphatic carbocycles. The number of benzene rings is 2. The minimum atomic E-state index is -0.297. The average Bonchev–Trinajstić information content (AvgIpc) is 2.68. The molecule has 0 fully saturated rings. The molecule has 0 aliphatic heterocycles. The van der Waals surface area contributed by atoms with Crippen molar-refractivity contribution in [3.63, 3.8) is 0 Å². The van der Waals surface area contributed by atoms with Crippen LogP contribution in [0.1, 0.15) is 11.1 Å². The molecular formula is C21H20FN3O2. The molecule has 0 radical (unpaired) electrons. The number of aromatic nitrogens is 1. The van der Waals surface area contributed by atoms with Crippen LogP contribution >= 0.6 is 0 Å². The predicted octanol–water partition coefficient (Wildman–Crippen LogP) is 4.16. The van der Waals surface area contributed by atoms with Gasteiger partial charge in [0.05, 0.1) is 0 Å². The zero-order valence-corrected chi connectivity index (χ0v) is 14.7. The fraction of sp³-hybridized carbons (Fsp3) is 0.143. The molecule has 1 aromatic heterocycles. The first-order valence-electron chi connectivity index (χ1n) is 8.60. The number of carbonyl (C=O) groups is 1. The Kier molecular flexibility index (Phi) is 6.35. The van der Waals surface area contributed by atoms with Crippen LogP contribution in [0.15, 0.2) is 73.1 Å². The van der Waals surface area contributed by atoms with E-state index in [1.807, 2.05) is 12.1 Å². The molecule has 0 bridgehead atoms. The second kappa shape index (κ2) is 9.33. The minimum Gasteiger partial charge on any atom is -0.489 e. The lowest BCUT2D eigenvalue weighted by molar-refractivity contribution is 0.252. The van der Waals surface area contributed by atoms with Crippen molar-refractivity contribution in [3.8, 4) is 5.75 Å². The van der Waals surface area contributed by atoms with Crippen LogP contribution in [0.4, 0.5) is 14.9 Å². The van der Waals surface area contributed by atoms with E-state index in [1.165, 1.54) is 12.1 Å². The van der Waals surface area contributed by atoms with Gasteiger partial charge in [0.25, 0.3) is 0 Å². The van der Waals surface area contributed by atoms with Crippen molar-refractivity contribution in [2.75, 3.05) is 11.9 Å². The number of carbonyl (C=O) groups excluding carboxylic acids is 1. The maximum atomic E-state index is 13.2. The maximum Gasteiger partial charge on any atom is 0.319 e. The quantitative estimate of drug-likeness (QED) is 0.661. The molecule has 2 amide bonds. The van der Waals surface area contributed by atoms with Crippen LogP contribution in [0.3, 0.4) is 0 Å². The van der Waals surface area contributed by atoms with Gasteiger partial charge >= 0.3 is 6.03 Å². The zero-order chi connectivity index (χ0) is 18.9. The molecule has 138 valence electrons. The zero-order valence-electron chi connectivity index (χ0n) is 14.7. The number of halogens is 1. The highest BCUT2D eigenvalue weighted by Crippen LogP contribution is 2.18. The number of pyridine rings is 1. The summed E-state index contributed by atoms with van der Waals surface area (Å²) in [6.45, 7) is 0.756. The molecule has 3 rings (SSSR count). The number of ether oxygens (including phenoxy) is 1. The van der Waals surface area contributed by atoms with E-state index in [9.17, 15) is 9.18 Å². The number of urea groups is 1. The van der Waals surface area contributed by atoms with E-state index in [0.29, 0.717) is 24.4 Å². The molecular weight excluding hydrogens is 345 g/mol. The molecule has 0 atom stereocenters. The minimum absolute atomic E-state index is 0.249. The summed E-state index contributed by atoms with van der Waals surface area (Å²) in [4.78, 5) is 16.1. The van der Waals surface area contributed by atoms with Gasteiger partial charge in [-0.25, -0.2) is 9.18 Å². The van der Waals surface area contributed by atoms with Crippen molar-refractivity contribution in [1.29, 1.82) is 0 Å². The lowest BCUT2D eigenvalue weighted by atomic mass is 10.2. The van der Waals surface area contributed by atoms with Gasteiger partial charge in [-0.3, -0.25) is 4.98 Å². The Morgan fingerprint density at radius 3 is 2.70 bits per heavy atom. The first kappa shape index (κ1) is 18.4. The summed E-state index contributed by atoms with van der Waals surface area (Å²) in [7, 11) is 0. The van der Waals surface area contributed by atoms with Gasteiger partial charge in [0.15, 0.2) is 0 Å². The Balaban J connectivity index is 1.47. The number of rotatable bonds is 7. The Morgan fingerprint density at radius 1 is 1.04 bits per heavy atom. The highest BCUT2D eigenvalue weighted by molar-refractivity contribution is 5.89. The van der Waals surface area contributed by atoms with Gasteiger partial charge in [-0.2, -0.15) is 0 Å². The standard InChI is InChI=1S/C21H20FN3O2/c22-18-6-1-4-17(12-18)15-27-20-8-2-7-19(13-20)25-21(26)24-11-9-16-5-3-10-23-14-16/h1-8,10,12-14H,9,11,15H2,(H2,24,25,26). The van der Waals surface area contributed by atoms with Crippen molar-refractivity contribution in [2.45, 2.75) is 13.0 Å². The number of hydrogen-bond acceptors (Lipinski definition) is 3. The van der Waals surface area contributed by atoms with Gasteiger partial charge < -0.3 is 15.4 Å². The third-order valence-corrected chi connectivity index (χ3v) is 3.81. The Labute approximate surface area is 157 Å². The van der Waals surface area contributed by atoms with Crippen molar-refractivity contribution in [2.24, 2.45) is 0 Å². The molecule has 27 heavy (non-hydrogen) atoms. The third-order valence-electron chi connectivity index (χ3n) is 3.81. The summed E-state index contributed by atoms with van der Waals surface area (Å²) in [5.41, 5.74) is 2.41. The number of anilines is 1. The summed E-state index contributed by atoms with van der Waals surface area (Å²) in [6.07, 6.45) is 4.20. The van der Waals surface area contributed by atoms with Gasteiger partial charge in [0.1, 0.15) is 18.2 Å². The molecule has 3 aromatic rings. The Hall–Kier alpha value is -3.41. The molecule has 0 aliphatic rings. The molecule has 2 N–H and O–H groups in total. The normalized spacial score (nSPS) is 10.3. The lowest BCUT2D eigenvalue weighted by Gasteiger charge is -2.10. The molecule has 5 nitrogen and oxygen atoms in total. The van der Waals surface area contributed by atoms with E-state index >= 15 is 0 Å². The van der Waals surface area contributed by atoms with E-state index in [4.69, 9.17) is 4.74 Å². The largest absolute Gasteiger partial charge is 0.489 e. The second-order valence-electron chi connectivity index (χ2n) is 5.94. The SMILES string of the molecule is O=C(NCCc1cccnc1)Nc1cccc(OCc2cccc(F)c2)c1. The second-order valence-corrected chi connectivity index (χ2v) is 5.94. The number of hydrogen-bond donors (Lipinski definition) is 2. The Bertz CT molecular complexity index is 887. The smallest absolute Gasteiger partial charge is 0.319 e. The van der Waals surface area contributed by atoms with Gasteiger partial charge in [0, 0.05) is 30.7 Å². The third kappa shape index (κ3) is 6.11.